The molecule has 0 amide bonds. The van der Waals surface area contributed by atoms with E-state index in [-0.39, 0.29) is 11.7 Å². The minimum absolute atomic E-state index is 0.0127. The van der Waals surface area contributed by atoms with Crippen LogP contribution in [0.4, 0.5) is 0 Å². The van der Waals surface area contributed by atoms with Crippen LogP contribution in [0.3, 0.4) is 0 Å². The van der Waals surface area contributed by atoms with Crippen LogP contribution in [0.25, 0.3) is 0 Å². The first kappa shape index (κ1) is 11.3. The van der Waals surface area contributed by atoms with Crippen molar-refractivity contribution in [3.05, 3.63) is 35.9 Å². The lowest BCUT2D eigenvalue weighted by Crippen LogP contribution is -2.37. The van der Waals surface area contributed by atoms with Gasteiger partial charge in [-0.3, -0.25) is 4.79 Å². The third-order valence-corrected chi connectivity index (χ3v) is 3.00. The molecule has 16 heavy (non-hydrogen) atoms. The van der Waals surface area contributed by atoms with Crippen LogP contribution in [0.5, 0.6) is 0 Å². The van der Waals surface area contributed by atoms with Gasteiger partial charge in [0.15, 0.2) is 5.78 Å². The molecular weight excluding hydrogens is 202 g/mol. The Morgan fingerprint density at radius 2 is 2.19 bits per heavy atom. The molecule has 1 aromatic rings. The first-order valence-corrected chi connectivity index (χ1v) is 5.68. The second kappa shape index (κ2) is 5.23. The van der Waals surface area contributed by atoms with E-state index in [1.54, 1.807) is 0 Å². The van der Waals surface area contributed by atoms with Crippen LogP contribution >= 0.6 is 0 Å². The summed E-state index contributed by atoms with van der Waals surface area (Å²) in [5.41, 5.74) is 7.04. The molecule has 2 N–H and O–H groups in total. The van der Waals surface area contributed by atoms with Crippen LogP contribution in [0.1, 0.15) is 12.0 Å². The molecule has 1 aliphatic heterocycles. The van der Waals surface area contributed by atoms with E-state index < -0.39 is 6.04 Å². The van der Waals surface area contributed by atoms with Crippen molar-refractivity contribution in [3.8, 4) is 0 Å². The van der Waals surface area contributed by atoms with Gasteiger partial charge in [0.2, 0.25) is 0 Å². The smallest absolute Gasteiger partial charge is 0.155 e. The van der Waals surface area contributed by atoms with Gasteiger partial charge >= 0.3 is 0 Å². The van der Waals surface area contributed by atoms with Gasteiger partial charge in [0.25, 0.3) is 0 Å². The quantitative estimate of drug-likeness (QED) is 0.826. The van der Waals surface area contributed by atoms with Gasteiger partial charge in [-0.1, -0.05) is 30.3 Å². The van der Waals surface area contributed by atoms with Gasteiger partial charge in [-0.25, -0.2) is 0 Å². The molecule has 1 fully saturated rings. The van der Waals surface area contributed by atoms with Crippen LogP contribution in [0, 0.1) is 5.92 Å². The number of ketones is 1. The van der Waals surface area contributed by atoms with E-state index in [0.717, 1.165) is 12.0 Å². The zero-order valence-electron chi connectivity index (χ0n) is 9.26. The Hall–Kier alpha value is -1.19. The Morgan fingerprint density at radius 3 is 2.81 bits per heavy atom. The molecule has 0 spiro atoms. The van der Waals surface area contributed by atoms with E-state index in [4.69, 9.17) is 10.5 Å². The monoisotopic (exact) mass is 219 g/mol. The molecule has 0 radical (unpaired) electrons. The summed E-state index contributed by atoms with van der Waals surface area (Å²) >= 11 is 0. The molecule has 2 rings (SSSR count). The Labute approximate surface area is 95.6 Å². The normalized spacial score (nSPS) is 21.9. The van der Waals surface area contributed by atoms with E-state index >= 15 is 0 Å². The average Bonchev–Trinajstić information content (AvgIpc) is 2.83. The van der Waals surface area contributed by atoms with Crippen LogP contribution in [-0.2, 0) is 16.0 Å². The lowest BCUT2D eigenvalue weighted by molar-refractivity contribution is -0.124. The topological polar surface area (TPSA) is 52.3 Å². The average molecular weight is 219 g/mol. The predicted octanol–water partition coefficient (Wildman–Crippen LogP) is 1.16. The van der Waals surface area contributed by atoms with E-state index in [1.165, 1.54) is 0 Å². The second-order valence-corrected chi connectivity index (χ2v) is 4.26. The zero-order valence-corrected chi connectivity index (χ0v) is 9.26. The maximum absolute atomic E-state index is 11.9. The molecule has 1 saturated heterocycles. The van der Waals surface area contributed by atoms with Gasteiger partial charge in [-0.15, -0.1) is 0 Å². The third kappa shape index (κ3) is 2.68. The fourth-order valence-electron chi connectivity index (χ4n) is 2.03. The summed E-state index contributed by atoms with van der Waals surface area (Å²) < 4.78 is 5.20. The predicted molar refractivity (Wildman–Crippen MR) is 62.1 cm³/mol. The molecule has 3 heteroatoms. The summed E-state index contributed by atoms with van der Waals surface area (Å²) in [6.07, 6.45) is 1.44. The first-order chi connectivity index (χ1) is 7.77. The number of hydrogen-bond acceptors (Lipinski definition) is 3. The molecule has 2 unspecified atom stereocenters. The van der Waals surface area contributed by atoms with E-state index in [0.29, 0.717) is 19.6 Å². The van der Waals surface area contributed by atoms with Crippen LogP contribution in [0.15, 0.2) is 30.3 Å². The number of hydrogen-bond donors (Lipinski definition) is 1. The zero-order chi connectivity index (χ0) is 11.4. The number of rotatable bonds is 4. The maximum atomic E-state index is 11.9. The Morgan fingerprint density at radius 1 is 1.44 bits per heavy atom. The van der Waals surface area contributed by atoms with Gasteiger partial charge in [0.05, 0.1) is 12.6 Å². The number of carbonyl (C=O) groups is 1. The summed E-state index contributed by atoms with van der Waals surface area (Å²) in [5.74, 6) is 0.153. The van der Waals surface area contributed by atoms with Crippen LogP contribution in [0.2, 0.25) is 0 Å². The number of carbonyl (C=O) groups excluding carboxylic acids is 1. The largest absolute Gasteiger partial charge is 0.381 e. The third-order valence-electron chi connectivity index (χ3n) is 3.00. The molecule has 1 aliphatic rings. The maximum Gasteiger partial charge on any atom is 0.155 e. The van der Waals surface area contributed by atoms with Crippen LogP contribution < -0.4 is 5.73 Å². The lowest BCUT2D eigenvalue weighted by Gasteiger charge is -2.14. The molecule has 2 atom stereocenters. The van der Waals surface area contributed by atoms with Crippen molar-refractivity contribution in [1.82, 2.24) is 0 Å². The number of benzene rings is 1. The van der Waals surface area contributed by atoms with Gasteiger partial charge in [-0.2, -0.15) is 0 Å². The summed E-state index contributed by atoms with van der Waals surface area (Å²) in [6, 6.07) is 9.49. The van der Waals surface area contributed by atoms with Crippen molar-refractivity contribution in [2.24, 2.45) is 11.7 Å². The fraction of sp³-hybridized carbons (Fsp3) is 0.462. The molecule has 3 nitrogen and oxygen atoms in total. The van der Waals surface area contributed by atoms with Gasteiger partial charge in [0.1, 0.15) is 0 Å². The molecule has 86 valence electrons. The van der Waals surface area contributed by atoms with Crippen molar-refractivity contribution in [2.45, 2.75) is 18.9 Å². The Balaban J connectivity index is 1.92. The molecule has 0 saturated carbocycles. The highest BCUT2D eigenvalue weighted by Crippen LogP contribution is 2.16. The highest BCUT2D eigenvalue weighted by molar-refractivity contribution is 5.86. The standard InChI is InChI=1S/C13H17NO2/c14-12(8-10-4-2-1-3-5-10)13(15)11-6-7-16-9-11/h1-5,11-12H,6-9,14H2. The summed E-state index contributed by atoms with van der Waals surface area (Å²) in [4.78, 5) is 11.9. The minimum atomic E-state index is -0.394. The number of Topliss-reactive ketones (excluding diaryl/α,β-unsaturated/α-hetero) is 1. The molecule has 1 aromatic carbocycles. The van der Waals surface area contributed by atoms with Gasteiger partial charge in [0, 0.05) is 12.5 Å². The second-order valence-electron chi connectivity index (χ2n) is 4.26. The lowest BCUT2D eigenvalue weighted by atomic mass is 9.94. The SMILES string of the molecule is NC(Cc1ccccc1)C(=O)C1CCOC1. The van der Waals surface area contributed by atoms with E-state index in [1.807, 2.05) is 30.3 Å². The first-order valence-electron chi connectivity index (χ1n) is 5.68. The van der Waals surface area contributed by atoms with Crippen molar-refractivity contribution in [1.29, 1.82) is 0 Å². The summed E-state index contributed by atoms with van der Waals surface area (Å²) in [5, 5.41) is 0. The molecule has 0 bridgehead atoms. The summed E-state index contributed by atoms with van der Waals surface area (Å²) in [7, 11) is 0. The number of nitrogens with two attached hydrogens (primary N) is 1. The van der Waals surface area contributed by atoms with Crippen molar-refractivity contribution in [2.75, 3.05) is 13.2 Å². The Kier molecular flexibility index (Phi) is 3.70. The van der Waals surface area contributed by atoms with Gasteiger partial charge < -0.3 is 10.5 Å². The molecule has 1 heterocycles. The number of ether oxygens (including phenoxy) is 1. The summed E-state index contributed by atoms with van der Waals surface area (Å²) in [6.45, 7) is 1.23. The van der Waals surface area contributed by atoms with Gasteiger partial charge in [-0.05, 0) is 18.4 Å². The van der Waals surface area contributed by atoms with Crippen molar-refractivity contribution < 1.29 is 9.53 Å². The Bertz CT molecular complexity index is 344. The molecular formula is C13H17NO2. The minimum Gasteiger partial charge on any atom is -0.381 e. The molecule has 0 aliphatic carbocycles. The highest BCUT2D eigenvalue weighted by Gasteiger charge is 2.27. The van der Waals surface area contributed by atoms with E-state index in [2.05, 4.69) is 0 Å². The fourth-order valence-corrected chi connectivity index (χ4v) is 2.03. The van der Waals surface area contributed by atoms with Crippen molar-refractivity contribution >= 4 is 5.78 Å². The molecule has 0 aromatic heterocycles. The van der Waals surface area contributed by atoms with Crippen molar-refractivity contribution in [3.63, 3.8) is 0 Å². The van der Waals surface area contributed by atoms with E-state index in [9.17, 15) is 4.79 Å². The van der Waals surface area contributed by atoms with Crippen LogP contribution in [-0.4, -0.2) is 25.0 Å². The highest BCUT2D eigenvalue weighted by atomic mass is 16.5.